The smallest absolute Gasteiger partial charge is 0.246 e. The Morgan fingerprint density at radius 3 is 2.43 bits per heavy atom. The first-order valence-electron chi connectivity index (χ1n) is 5.57. The van der Waals surface area contributed by atoms with Crippen molar-refractivity contribution in [2.75, 3.05) is 0 Å². The number of amides is 1. The molecule has 0 aromatic carbocycles. The molecule has 0 heterocycles. The van der Waals surface area contributed by atoms with Crippen molar-refractivity contribution in [1.82, 2.24) is 5.32 Å². The van der Waals surface area contributed by atoms with Gasteiger partial charge in [0.2, 0.25) is 5.91 Å². The lowest BCUT2D eigenvalue weighted by molar-refractivity contribution is -0.118. The molecule has 0 aliphatic heterocycles. The van der Waals surface area contributed by atoms with E-state index in [0.29, 0.717) is 17.5 Å². The lowest BCUT2D eigenvalue weighted by Crippen LogP contribution is -2.39. The summed E-state index contributed by atoms with van der Waals surface area (Å²) in [5, 5.41) is 3.01. The molecule has 0 radical (unpaired) electrons. The molecule has 80 valence electrons. The van der Waals surface area contributed by atoms with Gasteiger partial charge < -0.3 is 5.32 Å². The van der Waals surface area contributed by atoms with Crippen molar-refractivity contribution in [3.63, 3.8) is 0 Å². The third kappa shape index (κ3) is 3.17. The van der Waals surface area contributed by atoms with Gasteiger partial charge in [-0.1, -0.05) is 25.8 Å². The van der Waals surface area contributed by atoms with Crippen LogP contribution in [0.5, 0.6) is 0 Å². The molecular weight excluding hydrogens is 174 g/mol. The molecular formula is C12H21NO. The van der Waals surface area contributed by atoms with Crippen molar-refractivity contribution in [2.45, 2.75) is 52.0 Å². The van der Waals surface area contributed by atoms with E-state index in [2.05, 4.69) is 18.8 Å². The third-order valence-electron chi connectivity index (χ3n) is 3.10. The first-order valence-corrected chi connectivity index (χ1v) is 5.57. The van der Waals surface area contributed by atoms with E-state index >= 15 is 0 Å². The van der Waals surface area contributed by atoms with E-state index in [1.54, 1.807) is 6.92 Å². The zero-order chi connectivity index (χ0) is 10.6. The fourth-order valence-electron chi connectivity index (χ4n) is 2.08. The van der Waals surface area contributed by atoms with Crippen LogP contribution >= 0.6 is 0 Å². The van der Waals surface area contributed by atoms with Gasteiger partial charge in [0, 0.05) is 11.6 Å². The largest absolute Gasteiger partial charge is 0.350 e. The zero-order valence-electron chi connectivity index (χ0n) is 9.31. The highest BCUT2D eigenvalue weighted by atomic mass is 16.1. The monoisotopic (exact) mass is 195 g/mol. The molecule has 2 nitrogen and oxygen atoms in total. The Bertz CT molecular complexity index is 216. The van der Waals surface area contributed by atoms with Crippen LogP contribution in [0.2, 0.25) is 0 Å². The molecule has 1 saturated carbocycles. The van der Waals surface area contributed by atoms with E-state index < -0.39 is 0 Å². The molecule has 1 aliphatic carbocycles. The van der Waals surface area contributed by atoms with E-state index in [-0.39, 0.29) is 5.91 Å². The molecule has 1 N–H and O–H groups in total. The Balaban J connectivity index is 2.36. The summed E-state index contributed by atoms with van der Waals surface area (Å²) >= 11 is 0. The summed E-state index contributed by atoms with van der Waals surface area (Å²) in [4.78, 5) is 11.4. The molecule has 14 heavy (non-hydrogen) atoms. The Morgan fingerprint density at radius 2 is 1.93 bits per heavy atom. The maximum Gasteiger partial charge on any atom is 0.246 e. The third-order valence-corrected chi connectivity index (χ3v) is 3.10. The number of hydrogen-bond donors (Lipinski definition) is 1. The van der Waals surface area contributed by atoms with Gasteiger partial charge in [-0.25, -0.2) is 0 Å². The lowest BCUT2D eigenvalue weighted by Gasteiger charge is -2.28. The van der Waals surface area contributed by atoms with Gasteiger partial charge in [-0.05, 0) is 32.6 Å². The molecule has 1 unspecified atom stereocenters. The summed E-state index contributed by atoms with van der Waals surface area (Å²) < 4.78 is 0. The number of carbonyl (C=O) groups excluding carboxylic acids is 1. The normalized spacial score (nSPS) is 20.1. The van der Waals surface area contributed by atoms with Gasteiger partial charge in [0.05, 0.1) is 0 Å². The van der Waals surface area contributed by atoms with Crippen molar-refractivity contribution >= 4 is 5.91 Å². The molecule has 0 spiro atoms. The summed E-state index contributed by atoms with van der Waals surface area (Å²) in [6, 6.07) is 0.305. The first-order chi connectivity index (χ1) is 6.61. The van der Waals surface area contributed by atoms with Crippen LogP contribution in [-0.2, 0) is 4.79 Å². The molecule has 1 atom stereocenters. The predicted octanol–water partition coefficient (Wildman–Crippen LogP) is 2.65. The fraction of sp³-hybridized carbons (Fsp3) is 0.750. The van der Waals surface area contributed by atoms with Crippen LogP contribution in [0.4, 0.5) is 0 Å². The molecule has 0 aromatic rings. The van der Waals surface area contributed by atoms with Crippen molar-refractivity contribution in [3.05, 3.63) is 12.2 Å². The van der Waals surface area contributed by atoms with E-state index in [0.717, 1.165) is 0 Å². The number of rotatable bonds is 3. The van der Waals surface area contributed by atoms with Gasteiger partial charge in [0.1, 0.15) is 0 Å². The first kappa shape index (κ1) is 11.3. The molecule has 0 saturated heterocycles. The number of carbonyl (C=O) groups is 1. The number of nitrogens with one attached hydrogen (secondary N) is 1. The van der Waals surface area contributed by atoms with Crippen LogP contribution in [0, 0.1) is 5.92 Å². The maximum atomic E-state index is 11.4. The Kier molecular flexibility index (Phi) is 4.18. The molecule has 2 heteroatoms. The second-order valence-electron chi connectivity index (χ2n) is 4.44. The van der Waals surface area contributed by atoms with Crippen LogP contribution in [0.3, 0.4) is 0 Å². The van der Waals surface area contributed by atoms with Crippen LogP contribution in [0.15, 0.2) is 12.2 Å². The zero-order valence-corrected chi connectivity index (χ0v) is 9.31. The van der Waals surface area contributed by atoms with Gasteiger partial charge >= 0.3 is 0 Å². The summed E-state index contributed by atoms with van der Waals surface area (Å²) in [6.45, 7) is 7.50. The minimum Gasteiger partial charge on any atom is -0.350 e. The van der Waals surface area contributed by atoms with Gasteiger partial charge in [-0.3, -0.25) is 4.79 Å². The Labute approximate surface area is 86.8 Å². The predicted molar refractivity (Wildman–Crippen MR) is 59.0 cm³/mol. The molecule has 1 rings (SSSR count). The average molecular weight is 195 g/mol. The molecule has 1 aliphatic rings. The van der Waals surface area contributed by atoms with E-state index in [4.69, 9.17) is 0 Å². The minimum atomic E-state index is 0.00285. The average Bonchev–Trinajstić information content (AvgIpc) is 2.19. The Morgan fingerprint density at radius 1 is 1.36 bits per heavy atom. The van der Waals surface area contributed by atoms with Crippen molar-refractivity contribution in [3.8, 4) is 0 Å². The molecule has 0 aromatic heterocycles. The van der Waals surface area contributed by atoms with Gasteiger partial charge in [0.25, 0.3) is 0 Å². The molecule has 1 amide bonds. The SMILES string of the molecule is C=C(C)C(=O)NC(C)C1CCCCC1. The highest BCUT2D eigenvalue weighted by molar-refractivity contribution is 5.92. The quantitative estimate of drug-likeness (QED) is 0.689. The molecule has 1 fully saturated rings. The van der Waals surface area contributed by atoms with Crippen molar-refractivity contribution < 1.29 is 4.79 Å². The van der Waals surface area contributed by atoms with Gasteiger partial charge in [-0.15, -0.1) is 0 Å². The van der Waals surface area contributed by atoms with Gasteiger partial charge in [0.15, 0.2) is 0 Å². The fourth-order valence-corrected chi connectivity index (χ4v) is 2.08. The van der Waals surface area contributed by atoms with Crippen molar-refractivity contribution in [1.29, 1.82) is 0 Å². The highest BCUT2D eigenvalue weighted by Gasteiger charge is 2.21. The second kappa shape index (κ2) is 5.18. The van der Waals surface area contributed by atoms with E-state index in [1.807, 2.05) is 0 Å². The maximum absolute atomic E-state index is 11.4. The van der Waals surface area contributed by atoms with E-state index in [1.165, 1.54) is 32.1 Å². The topological polar surface area (TPSA) is 29.1 Å². The summed E-state index contributed by atoms with van der Waals surface area (Å²) in [7, 11) is 0. The van der Waals surface area contributed by atoms with Crippen molar-refractivity contribution in [2.24, 2.45) is 5.92 Å². The minimum absolute atomic E-state index is 0.00285. The summed E-state index contributed by atoms with van der Waals surface area (Å²) in [5.74, 6) is 0.676. The Hall–Kier alpha value is -0.790. The van der Waals surface area contributed by atoms with E-state index in [9.17, 15) is 4.79 Å². The number of hydrogen-bond acceptors (Lipinski definition) is 1. The van der Waals surface area contributed by atoms with Gasteiger partial charge in [-0.2, -0.15) is 0 Å². The standard InChI is InChI=1S/C12H21NO/c1-9(2)12(14)13-10(3)11-7-5-4-6-8-11/h10-11H,1,4-8H2,2-3H3,(H,13,14). The lowest BCUT2D eigenvalue weighted by atomic mass is 9.84. The second-order valence-corrected chi connectivity index (χ2v) is 4.44. The van der Waals surface area contributed by atoms with Crippen LogP contribution in [-0.4, -0.2) is 11.9 Å². The molecule has 0 bridgehead atoms. The van der Waals surface area contributed by atoms with Crippen LogP contribution in [0.25, 0.3) is 0 Å². The summed E-state index contributed by atoms with van der Waals surface area (Å²) in [6.07, 6.45) is 6.52. The highest BCUT2D eigenvalue weighted by Crippen LogP contribution is 2.26. The summed E-state index contributed by atoms with van der Waals surface area (Å²) in [5.41, 5.74) is 0.604. The van der Waals surface area contributed by atoms with Crippen LogP contribution in [0.1, 0.15) is 46.0 Å². The van der Waals surface area contributed by atoms with Crippen LogP contribution < -0.4 is 5.32 Å².